The summed E-state index contributed by atoms with van der Waals surface area (Å²) >= 11 is 0. The molecule has 0 aliphatic carbocycles. The summed E-state index contributed by atoms with van der Waals surface area (Å²) in [5, 5.41) is 18.3. The van der Waals surface area contributed by atoms with Gasteiger partial charge in [0.2, 0.25) is 0 Å². The molecular formula is C9H13CaNO6. The van der Waals surface area contributed by atoms with E-state index in [1.807, 2.05) is 0 Å². The van der Waals surface area contributed by atoms with E-state index in [0.29, 0.717) is 6.61 Å². The molecule has 0 spiro atoms. The molecule has 2 N–H and O–H groups in total. The van der Waals surface area contributed by atoms with E-state index in [4.69, 9.17) is 19.8 Å². The second-order valence-corrected chi connectivity index (χ2v) is 1.80. The number of ether oxygens (including phenoxy) is 1. The number of rotatable bonds is 3. The molecule has 0 radical (unpaired) electrons. The molecule has 0 saturated heterocycles. The topological polar surface area (TPSA) is 133 Å². The maximum absolute atomic E-state index is 9.60. The van der Waals surface area contributed by atoms with Crippen LogP contribution in [0.2, 0.25) is 0 Å². The van der Waals surface area contributed by atoms with Gasteiger partial charge in [-0.1, -0.05) is 13.2 Å². The van der Waals surface area contributed by atoms with Crippen molar-refractivity contribution in [2.75, 3.05) is 6.61 Å². The van der Waals surface area contributed by atoms with Crippen molar-refractivity contribution in [1.82, 2.24) is 0 Å². The molecule has 0 rings (SSSR count). The van der Waals surface area contributed by atoms with Gasteiger partial charge < -0.3 is 30.3 Å². The molecule has 7 nitrogen and oxygen atoms in total. The third kappa shape index (κ3) is 70.8. The molecular weight excluding hydrogens is 258 g/mol. The van der Waals surface area contributed by atoms with Crippen LogP contribution < -0.4 is 15.9 Å². The summed E-state index contributed by atoms with van der Waals surface area (Å²) in [5.41, 5.74) is 4.54. The van der Waals surface area contributed by atoms with E-state index in [1.165, 1.54) is 0 Å². The monoisotopic (exact) mass is 271 g/mol. The Morgan fingerprint density at radius 2 is 1.41 bits per heavy atom. The van der Waals surface area contributed by atoms with Crippen LogP contribution in [0.25, 0.3) is 0 Å². The van der Waals surface area contributed by atoms with Gasteiger partial charge in [-0.3, -0.25) is 0 Å². The molecule has 8 heteroatoms. The van der Waals surface area contributed by atoms with E-state index in [-0.39, 0.29) is 37.7 Å². The van der Waals surface area contributed by atoms with E-state index < -0.39 is 18.0 Å². The second-order valence-electron chi connectivity index (χ2n) is 1.80. The van der Waals surface area contributed by atoms with Crippen molar-refractivity contribution in [3.05, 3.63) is 25.3 Å². The Hall–Kier alpha value is -1.05. The summed E-state index contributed by atoms with van der Waals surface area (Å²) in [4.78, 5) is 27.9. The average Bonchev–Trinajstić information content (AvgIpc) is 2.19. The first-order valence-electron chi connectivity index (χ1n) is 3.90. The summed E-state index contributed by atoms with van der Waals surface area (Å²) in [6, 6.07) is 0. The van der Waals surface area contributed by atoms with E-state index in [2.05, 4.69) is 23.6 Å². The van der Waals surface area contributed by atoms with Crippen LogP contribution in [0.5, 0.6) is 0 Å². The van der Waals surface area contributed by atoms with Crippen molar-refractivity contribution in [3.63, 3.8) is 0 Å². The molecule has 17 heavy (non-hydrogen) atoms. The predicted molar refractivity (Wildman–Crippen MR) is 57.4 cm³/mol. The maximum atomic E-state index is 9.60. The van der Waals surface area contributed by atoms with Crippen molar-refractivity contribution in [1.29, 1.82) is 0 Å². The van der Waals surface area contributed by atoms with Crippen molar-refractivity contribution >= 4 is 55.8 Å². The summed E-state index contributed by atoms with van der Waals surface area (Å²) in [6.45, 7) is 7.85. The van der Waals surface area contributed by atoms with Gasteiger partial charge >= 0.3 is 43.8 Å². The largest absolute Gasteiger partial charge is 2.00 e. The summed E-state index contributed by atoms with van der Waals surface area (Å²) < 4.78 is 4.18. The SMILES string of the molecule is C=CC(=O)[O-].C=CC(=O)[O-].CCOC(N)=O.[Ca+2]. The Balaban J connectivity index is -0.0000000729. The number of carboxylic acid groups (broad SMARTS) is 2. The number of nitrogens with two attached hydrogens (primary N) is 1. The Morgan fingerprint density at radius 1 is 1.18 bits per heavy atom. The zero-order valence-electron chi connectivity index (χ0n) is 9.51. The van der Waals surface area contributed by atoms with Crippen molar-refractivity contribution in [3.8, 4) is 0 Å². The Morgan fingerprint density at radius 3 is 1.41 bits per heavy atom. The third-order valence-electron chi connectivity index (χ3n) is 0.620. The average molecular weight is 271 g/mol. The van der Waals surface area contributed by atoms with E-state index in [0.717, 1.165) is 12.2 Å². The molecule has 0 atom stereocenters. The fraction of sp³-hybridized carbons (Fsp3) is 0.222. The molecule has 0 heterocycles. The molecule has 0 bridgehead atoms. The molecule has 0 aliphatic heterocycles. The zero-order chi connectivity index (χ0) is 13.6. The van der Waals surface area contributed by atoms with Gasteiger partial charge in [0.15, 0.2) is 0 Å². The van der Waals surface area contributed by atoms with Gasteiger partial charge in [0, 0.05) is 0 Å². The summed E-state index contributed by atoms with van der Waals surface area (Å²) in [7, 11) is 0. The molecule has 0 aromatic heterocycles. The minimum absolute atomic E-state index is 0. The van der Waals surface area contributed by atoms with E-state index >= 15 is 0 Å². The normalized spacial score (nSPS) is 6.41. The zero-order valence-corrected chi connectivity index (χ0v) is 11.7. The number of hydrogen-bond acceptors (Lipinski definition) is 6. The first kappa shape index (κ1) is 25.0. The minimum Gasteiger partial charge on any atom is -0.545 e. The first-order valence-corrected chi connectivity index (χ1v) is 3.90. The van der Waals surface area contributed by atoms with Gasteiger partial charge in [0.1, 0.15) is 0 Å². The van der Waals surface area contributed by atoms with Gasteiger partial charge in [-0.25, -0.2) is 4.79 Å². The molecule has 1 amide bonds. The van der Waals surface area contributed by atoms with Crippen LogP contribution in [0.15, 0.2) is 25.3 Å². The van der Waals surface area contributed by atoms with Gasteiger partial charge in [-0.15, -0.1) is 0 Å². The number of carbonyl (C=O) groups excluding carboxylic acids is 3. The Bertz CT molecular complexity index is 236. The van der Waals surface area contributed by atoms with Gasteiger partial charge in [0.25, 0.3) is 0 Å². The van der Waals surface area contributed by atoms with Crippen molar-refractivity contribution in [2.45, 2.75) is 6.92 Å². The molecule has 0 fully saturated rings. The fourth-order valence-corrected chi connectivity index (χ4v) is 0.142. The van der Waals surface area contributed by atoms with Crippen LogP contribution in [-0.4, -0.2) is 62.4 Å². The van der Waals surface area contributed by atoms with Crippen molar-refractivity contribution < 1.29 is 29.3 Å². The van der Waals surface area contributed by atoms with Gasteiger partial charge in [0.05, 0.1) is 18.5 Å². The molecule has 92 valence electrons. The van der Waals surface area contributed by atoms with Gasteiger partial charge in [-0.05, 0) is 19.1 Å². The number of carbonyl (C=O) groups is 3. The predicted octanol–water partition coefficient (Wildman–Crippen LogP) is -2.43. The number of primary amides is 1. The molecule has 0 unspecified atom stereocenters. The number of amides is 1. The van der Waals surface area contributed by atoms with E-state index in [9.17, 15) is 4.79 Å². The number of aliphatic carboxylic acids is 2. The number of hydrogen-bond donors (Lipinski definition) is 1. The van der Waals surface area contributed by atoms with Crippen LogP contribution in [0.4, 0.5) is 4.79 Å². The van der Waals surface area contributed by atoms with Crippen LogP contribution >= 0.6 is 0 Å². The Labute approximate surface area is 129 Å². The fourth-order valence-electron chi connectivity index (χ4n) is 0.142. The smallest absolute Gasteiger partial charge is 0.545 e. The van der Waals surface area contributed by atoms with E-state index in [1.54, 1.807) is 6.92 Å². The first-order chi connectivity index (χ1) is 7.31. The molecule has 0 aromatic rings. The van der Waals surface area contributed by atoms with Crippen LogP contribution in [0, 0.1) is 0 Å². The summed E-state index contributed by atoms with van der Waals surface area (Å²) in [6.07, 6.45) is 0.734. The molecule has 0 aromatic carbocycles. The van der Waals surface area contributed by atoms with Crippen LogP contribution in [-0.2, 0) is 14.3 Å². The minimum atomic E-state index is -1.23. The molecule has 0 saturated carbocycles. The number of carboxylic acids is 2. The van der Waals surface area contributed by atoms with Crippen LogP contribution in [0.3, 0.4) is 0 Å². The quantitative estimate of drug-likeness (QED) is 0.448. The third-order valence-corrected chi connectivity index (χ3v) is 0.620. The Kier molecular flexibility index (Phi) is 29.9. The maximum Gasteiger partial charge on any atom is 2.00 e. The second kappa shape index (κ2) is 20.4. The van der Waals surface area contributed by atoms with Crippen molar-refractivity contribution in [2.24, 2.45) is 5.73 Å². The van der Waals surface area contributed by atoms with Crippen LogP contribution in [0.1, 0.15) is 6.92 Å². The summed E-state index contributed by atoms with van der Waals surface area (Å²) in [5.74, 6) is -2.46. The standard InChI is InChI=1S/C3H7NO2.2C3H4O2.Ca/c1-2-6-3(4)5;2*1-2-3(4)5;/h2H2,1H3,(H2,4,5);2*2H,1H2,(H,4,5);/q;;;+2/p-2. The van der Waals surface area contributed by atoms with Gasteiger partial charge in [-0.2, -0.15) is 0 Å². The molecule has 0 aliphatic rings.